The number of aromatic nitrogens is 1. The van der Waals surface area contributed by atoms with Gasteiger partial charge in [-0.25, -0.2) is 4.39 Å². The Morgan fingerprint density at radius 1 is 1.54 bits per heavy atom. The predicted octanol–water partition coefficient (Wildman–Crippen LogP) is 2.44. The lowest BCUT2D eigenvalue weighted by molar-refractivity contribution is 0.548. The highest BCUT2D eigenvalue weighted by molar-refractivity contribution is 5.28. The van der Waals surface area contributed by atoms with Gasteiger partial charge in [0, 0.05) is 6.20 Å². The second-order valence-corrected chi connectivity index (χ2v) is 3.61. The van der Waals surface area contributed by atoms with Gasteiger partial charge in [0.2, 0.25) is 0 Å². The van der Waals surface area contributed by atoms with Crippen LogP contribution in [0.4, 0.5) is 4.39 Å². The molecule has 1 aromatic heterocycles. The lowest BCUT2D eigenvalue weighted by atomic mass is 9.89. The largest absolute Gasteiger partial charge is 0.256 e. The first-order valence-electron chi connectivity index (χ1n) is 4.08. The van der Waals surface area contributed by atoms with Crippen LogP contribution in [0.1, 0.15) is 25.1 Å². The van der Waals surface area contributed by atoms with Gasteiger partial charge >= 0.3 is 0 Å². The fourth-order valence-corrected chi connectivity index (χ4v) is 1.06. The van der Waals surface area contributed by atoms with Crippen molar-refractivity contribution >= 4 is 0 Å². The zero-order valence-electron chi connectivity index (χ0n) is 8.06. The van der Waals surface area contributed by atoms with Gasteiger partial charge in [-0.2, -0.15) is 0 Å². The molecule has 0 aliphatic carbocycles. The minimum absolute atomic E-state index is 0.331. The molecule has 68 valence electrons. The third kappa shape index (κ3) is 1.86. The topological polar surface area (TPSA) is 12.9 Å². The molecule has 2 heteroatoms. The zero-order valence-corrected chi connectivity index (χ0v) is 8.06. The van der Waals surface area contributed by atoms with Crippen LogP contribution in [0.3, 0.4) is 0 Å². The first kappa shape index (κ1) is 9.73. The molecule has 0 fully saturated rings. The molecule has 0 bridgehead atoms. The fraction of sp³-hybridized carbons (Fsp3) is 0.364. The van der Waals surface area contributed by atoms with E-state index in [4.69, 9.17) is 6.42 Å². The molecule has 1 rings (SSSR count). The van der Waals surface area contributed by atoms with Crippen molar-refractivity contribution in [3.8, 4) is 12.3 Å². The van der Waals surface area contributed by atoms with Crippen molar-refractivity contribution in [2.45, 2.75) is 26.2 Å². The molecule has 0 atom stereocenters. The monoisotopic (exact) mass is 177 g/mol. The van der Waals surface area contributed by atoms with Gasteiger partial charge in [-0.1, -0.05) is 5.92 Å². The third-order valence-corrected chi connectivity index (χ3v) is 1.93. The van der Waals surface area contributed by atoms with Crippen LogP contribution in [0.5, 0.6) is 0 Å². The van der Waals surface area contributed by atoms with Gasteiger partial charge in [-0.05, 0) is 32.4 Å². The van der Waals surface area contributed by atoms with Gasteiger partial charge in [-0.15, -0.1) is 6.42 Å². The van der Waals surface area contributed by atoms with Gasteiger partial charge in [0.05, 0.1) is 11.1 Å². The number of aryl methyl sites for hydroxylation is 1. The number of pyridine rings is 1. The van der Waals surface area contributed by atoms with E-state index in [1.165, 1.54) is 6.07 Å². The van der Waals surface area contributed by atoms with Crippen molar-refractivity contribution in [2.75, 3.05) is 0 Å². The van der Waals surface area contributed by atoms with E-state index in [0.717, 1.165) is 5.56 Å². The standard InChI is InChI=1S/C11H12FN/c1-5-11(3,4)10-9(12)6-8(2)7-13-10/h1,6-7H,2-4H3. The van der Waals surface area contributed by atoms with Crippen LogP contribution in [0.25, 0.3) is 0 Å². The molecule has 0 amide bonds. The zero-order chi connectivity index (χ0) is 10.1. The lowest BCUT2D eigenvalue weighted by Gasteiger charge is -2.17. The second-order valence-electron chi connectivity index (χ2n) is 3.61. The Hall–Kier alpha value is -1.36. The van der Waals surface area contributed by atoms with E-state index in [-0.39, 0.29) is 5.82 Å². The third-order valence-electron chi connectivity index (χ3n) is 1.93. The van der Waals surface area contributed by atoms with Crippen molar-refractivity contribution < 1.29 is 4.39 Å². The molecule has 0 saturated heterocycles. The van der Waals surface area contributed by atoms with E-state index in [9.17, 15) is 4.39 Å². The molecule has 0 N–H and O–H groups in total. The Balaban J connectivity index is 3.26. The Morgan fingerprint density at radius 3 is 2.62 bits per heavy atom. The number of halogens is 1. The molecule has 1 aromatic rings. The summed E-state index contributed by atoms with van der Waals surface area (Å²) in [5.74, 6) is 2.18. The minimum atomic E-state index is -0.641. The van der Waals surface area contributed by atoms with Gasteiger partial charge < -0.3 is 0 Å². The van der Waals surface area contributed by atoms with E-state index in [0.29, 0.717) is 5.69 Å². The first-order chi connectivity index (χ1) is 5.97. The van der Waals surface area contributed by atoms with Crippen molar-refractivity contribution in [3.63, 3.8) is 0 Å². The second kappa shape index (κ2) is 3.18. The molecule has 0 spiro atoms. The number of terminal acetylenes is 1. The summed E-state index contributed by atoms with van der Waals surface area (Å²) in [5, 5.41) is 0. The van der Waals surface area contributed by atoms with Gasteiger partial charge in [-0.3, -0.25) is 4.98 Å². The normalized spacial score (nSPS) is 11.0. The predicted molar refractivity (Wildman–Crippen MR) is 50.8 cm³/mol. The maximum Gasteiger partial charge on any atom is 0.146 e. The first-order valence-corrected chi connectivity index (χ1v) is 4.08. The summed E-state index contributed by atoms with van der Waals surface area (Å²) >= 11 is 0. The molecule has 0 radical (unpaired) electrons. The molecule has 1 heterocycles. The van der Waals surface area contributed by atoms with Crippen LogP contribution in [-0.2, 0) is 5.41 Å². The Kier molecular flexibility index (Phi) is 2.38. The van der Waals surface area contributed by atoms with E-state index < -0.39 is 5.41 Å². The van der Waals surface area contributed by atoms with Crippen LogP contribution in [-0.4, -0.2) is 4.98 Å². The average molecular weight is 177 g/mol. The number of rotatable bonds is 1. The number of hydrogen-bond acceptors (Lipinski definition) is 1. The van der Waals surface area contributed by atoms with Gasteiger partial charge in [0.15, 0.2) is 0 Å². The lowest BCUT2D eigenvalue weighted by Crippen LogP contribution is -2.18. The van der Waals surface area contributed by atoms with Gasteiger partial charge in [0.1, 0.15) is 5.82 Å². The smallest absolute Gasteiger partial charge is 0.146 e. The maximum atomic E-state index is 13.4. The van der Waals surface area contributed by atoms with Gasteiger partial charge in [0.25, 0.3) is 0 Å². The van der Waals surface area contributed by atoms with E-state index in [1.54, 1.807) is 27.0 Å². The van der Waals surface area contributed by atoms with Crippen LogP contribution in [0.15, 0.2) is 12.3 Å². The van der Waals surface area contributed by atoms with Crippen molar-refractivity contribution in [3.05, 3.63) is 29.3 Å². The average Bonchev–Trinajstić information content (AvgIpc) is 2.03. The highest BCUT2D eigenvalue weighted by atomic mass is 19.1. The van der Waals surface area contributed by atoms with E-state index >= 15 is 0 Å². The summed E-state index contributed by atoms with van der Waals surface area (Å²) in [7, 11) is 0. The molecule has 0 aliphatic heterocycles. The summed E-state index contributed by atoms with van der Waals surface area (Å²) in [5.41, 5.74) is 0.493. The fourth-order valence-electron chi connectivity index (χ4n) is 1.06. The molecule has 0 unspecified atom stereocenters. The SMILES string of the molecule is C#CC(C)(C)c1ncc(C)cc1F. The maximum absolute atomic E-state index is 13.4. The Labute approximate surface area is 78.0 Å². The molecular formula is C11H12FN. The Morgan fingerprint density at radius 2 is 2.15 bits per heavy atom. The van der Waals surface area contributed by atoms with Crippen molar-refractivity contribution in [2.24, 2.45) is 0 Å². The van der Waals surface area contributed by atoms with Crippen LogP contribution < -0.4 is 0 Å². The Bertz CT molecular complexity index is 361. The van der Waals surface area contributed by atoms with Crippen LogP contribution >= 0.6 is 0 Å². The number of nitrogens with zero attached hydrogens (tertiary/aromatic N) is 1. The molecule has 1 nitrogen and oxygen atoms in total. The molecule has 13 heavy (non-hydrogen) atoms. The summed E-state index contributed by atoms with van der Waals surface area (Å²) in [4.78, 5) is 4.00. The minimum Gasteiger partial charge on any atom is -0.256 e. The van der Waals surface area contributed by atoms with E-state index in [2.05, 4.69) is 10.9 Å². The number of hydrogen-bond donors (Lipinski definition) is 0. The molecular weight excluding hydrogens is 165 g/mol. The molecule has 0 aromatic carbocycles. The van der Waals surface area contributed by atoms with E-state index in [1.807, 2.05) is 0 Å². The summed E-state index contributed by atoms with van der Waals surface area (Å²) < 4.78 is 13.4. The summed E-state index contributed by atoms with van der Waals surface area (Å²) in [6, 6.07) is 1.45. The van der Waals surface area contributed by atoms with Crippen molar-refractivity contribution in [1.82, 2.24) is 4.98 Å². The van der Waals surface area contributed by atoms with Crippen LogP contribution in [0, 0.1) is 25.1 Å². The highest BCUT2D eigenvalue weighted by Gasteiger charge is 2.22. The highest BCUT2D eigenvalue weighted by Crippen LogP contribution is 2.22. The quantitative estimate of drug-likeness (QED) is 0.600. The van der Waals surface area contributed by atoms with Crippen molar-refractivity contribution in [1.29, 1.82) is 0 Å². The summed E-state index contributed by atoms with van der Waals surface area (Å²) in [6.45, 7) is 5.34. The van der Waals surface area contributed by atoms with Crippen LogP contribution in [0.2, 0.25) is 0 Å². The molecule has 0 aliphatic rings. The molecule has 0 saturated carbocycles. The summed E-state index contributed by atoms with van der Waals surface area (Å²) in [6.07, 6.45) is 6.91.